The van der Waals surface area contributed by atoms with E-state index >= 15 is 0 Å². The number of benzene rings is 3. The Hall–Kier alpha value is -2.52. The van der Waals surface area contributed by atoms with Crippen molar-refractivity contribution in [1.29, 1.82) is 0 Å². The third-order valence-corrected chi connectivity index (χ3v) is 13.1. The van der Waals surface area contributed by atoms with E-state index in [-0.39, 0.29) is 12.8 Å². The van der Waals surface area contributed by atoms with E-state index < -0.39 is 33.7 Å². The van der Waals surface area contributed by atoms with Crippen LogP contribution < -0.4 is 9.81 Å². The molecule has 3 rings (SSSR count). The average Bonchev–Trinajstić information content (AvgIpc) is 2.77. The predicted octanol–water partition coefficient (Wildman–Crippen LogP) is 3.16. The Kier molecular flexibility index (Phi) is 12.2. The molecule has 3 aromatic rings. The molecule has 4 nitrogen and oxygen atoms in total. The number of aliphatic carboxylic acids is 2. The number of rotatable bonds is 5. The van der Waals surface area contributed by atoms with Crippen LogP contribution in [-0.2, 0) is 9.59 Å². The van der Waals surface area contributed by atoms with Crippen molar-refractivity contribution in [3.8, 4) is 0 Å². The SMILES string of the molecule is CCC(=O)O.CCC(=O)O.c1cc[c]([Bi]([c]2ccccc2)[c]2ccccc2)cc1. The molecule has 5 heteroatoms. The molecule has 3 aromatic carbocycles. The molecule has 2 N–H and O–H groups in total. The summed E-state index contributed by atoms with van der Waals surface area (Å²) in [6, 6.07) is 33.0. The maximum absolute atomic E-state index is 9.37. The zero-order chi connectivity index (χ0) is 21.5. The van der Waals surface area contributed by atoms with Gasteiger partial charge in [-0.3, -0.25) is 9.59 Å². The van der Waals surface area contributed by atoms with Crippen LogP contribution in [0.2, 0.25) is 0 Å². The zero-order valence-electron chi connectivity index (χ0n) is 16.7. The molecule has 0 atom stereocenters. The van der Waals surface area contributed by atoms with Gasteiger partial charge in [0.2, 0.25) is 0 Å². The van der Waals surface area contributed by atoms with Crippen molar-refractivity contribution in [1.82, 2.24) is 0 Å². The molecule has 29 heavy (non-hydrogen) atoms. The second-order valence-electron chi connectivity index (χ2n) is 5.84. The van der Waals surface area contributed by atoms with Crippen LogP contribution in [0.5, 0.6) is 0 Å². The summed E-state index contributed by atoms with van der Waals surface area (Å²) in [5.41, 5.74) is 0. The summed E-state index contributed by atoms with van der Waals surface area (Å²) in [4.78, 5) is 18.7. The fraction of sp³-hybridized carbons (Fsp3) is 0.167. The van der Waals surface area contributed by atoms with Crippen molar-refractivity contribution in [2.24, 2.45) is 0 Å². The molecule has 0 amide bonds. The van der Waals surface area contributed by atoms with Gasteiger partial charge in [0, 0.05) is 12.8 Å². The Labute approximate surface area is 180 Å². The van der Waals surface area contributed by atoms with Gasteiger partial charge >= 0.3 is 134 Å². The van der Waals surface area contributed by atoms with Crippen molar-refractivity contribution < 1.29 is 19.8 Å². The van der Waals surface area contributed by atoms with Crippen molar-refractivity contribution in [2.45, 2.75) is 26.7 Å². The van der Waals surface area contributed by atoms with Crippen LogP contribution in [0.15, 0.2) is 91.0 Å². The van der Waals surface area contributed by atoms with Gasteiger partial charge in [-0.15, -0.1) is 0 Å². The second kappa shape index (κ2) is 14.5. The summed E-state index contributed by atoms with van der Waals surface area (Å²) in [6.45, 7) is 3.20. The molecule has 0 aromatic heterocycles. The van der Waals surface area contributed by atoms with Crippen LogP contribution >= 0.6 is 0 Å². The molecule has 0 saturated carbocycles. The number of carboxylic acid groups (broad SMARTS) is 2. The third kappa shape index (κ3) is 10.0. The Morgan fingerprint density at radius 1 is 0.586 bits per heavy atom. The topological polar surface area (TPSA) is 74.6 Å². The molecule has 0 saturated heterocycles. The van der Waals surface area contributed by atoms with Gasteiger partial charge in [-0.2, -0.15) is 0 Å². The van der Waals surface area contributed by atoms with E-state index in [4.69, 9.17) is 10.2 Å². The van der Waals surface area contributed by atoms with Crippen molar-refractivity contribution in [3.05, 3.63) is 91.0 Å². The predicted molar refractivity (Wildman–Crippen MR) is 120 cm³/mol. The van der Waals surface area contributed by atoms with Crippen LogP contribution in [0.1, 0.15) is 26.7 Å². The second-order valence-corrected chi connectivity index (χ2v) is 14.5. The maximum atomic E-state index is 9.37. The van der Waals surface area contributed by atoms with E-state index in [1.165, 1.54) is 9.81 Å². The number of carbonyl (C=O) groups is 2. The quantitative estimate of drug-likeness (QED) is 0.450. The van der Waals surface area contributed by atoms with E-state index in [0.29, 0.717) is 0 Å². The first kappa shape index (κ1) is 24.5. The summed E-state index contributed by atoms with van der Waals surface area (Å²) in [5.74, 6) is -1.49. The van der Waals surface area contributed by atoms with E-state index in [2.05, 4.69) is 91.0 Å². The first-order valence-corrected chi connectivity index (χ1v) is 14.6. The van der Waals surface area contributed by atoms with Gasteiger partial charge in [-0.05, 0) is 0 Å². The molecule has 0 spiro atoms. The van der Waals surface area contributed by atoms with Crippen molar-refractivity contribution in [3.63, 3.8) is 0 Å². The van der Waals surface area contributed by atoms with Gasteiger partial charge in [0.15, 0.2) is 0 Å². The summed E-state index contributed by atoms with van der Waals surface area (Å²) in [5, 5.41) is 15.4. The molecule has 0 radical (unpaired) electrons. The normalized spacial score (nSPS) is 9.48. The molecular weight excluding hydrogens is 561 g/mol. The van der Waals surface area contributed by atoms with Gasteiger partial charge in [-0.1, -0.05) is 13.8 Å². The van der Waals surface area contributed by atoms with Crippen molar-refractivity contribution >= 4 is 43.5 Å². The number of hydrogen-bond donors (Lipinski definition) is 2. The molecule has 0 bridgehead atoms. The minimum atomic E-state index is -2.06. The van der Waals surface area contributed by atoms with Gasteiger partial charge in [0.1, 0.15) is 0 Å². The number of carboxylic acids is 2. The van der Waals surface area contributed by atoms with Crippen LogP contribution in [0.4, 0.5) is 0 Å². The summed E-state index contributed by atoms with van der Waals surface area (Å²) >= 11 is -2.06. The van der Waals surface area contributed by atoms with Crippen LogP contribution in [0.3, 0.4) is 0 Å². The molecule has 0 fully saturated rings. The first-order valence-electron chi connectivity index (χ1n) is 9.38. The molecule has 0 aliphatic heterocycles. The van der Waals surface area contributed by atoms with Crippen molar-refractivity contribution in [2.75, 3.05) is 0 Å². The van der Waals surface area contributed by atoms with E-state index in [1.54, 1.807) is 13.8 Å². The van der Waals surface area contributed by atoms with Crippen LogP contribution in [0, 0.1) is 0 Å². The first-order chi connectivity index (χ1) is 14.0. The fourth-order valence-corrected chi connectivity index (χ4v) is 11.1. The Balaban J connectivity index is 0.000000353. The van der Waals surface area contributed by atoms with Gasteiger partial charge in [-0.25, -0.2) is 0 Å². The Morgan fingerprint density at radius 3 is 0.966 bits per heavy atom. The third-order valence-electron chi connectivity index (χ3n) is 3.65. The van der Waals surface area contributed by atoms with Crippen LogP contribution in [0.25, 0.3) is 0 Å². The molecule has 0 unspecified atom stereocenters. The summed E-state index contributed by atoms with van der Waals surface area (Å²) < 4.78 is 4.61. The van der Waals surface area contributed by atoms with Gasteiger partial charge < -0.3 is 10.2 Å². The van der Waals surface area contributed by atoms with Gasteiger partial charge in [0.05, 0.1) is 0 Å². The standard InChI is InChI=1S/3C6H5.2C3H6O2.Bi/c3*1-2-4-6-5-3-1;2*1-2-3(4)5;/h3*1-5H;2*2H2,1H3,(H,4,5);. The Bertz CT molecular complexity index is 729. The minimum absolute atomic E-state index is 0.222. The average molecular weight is 588 g/mol. The summed E-state index contributed by atoms with van der Waals surface area (Å²) in [6.07, 6.45) is 0.444. The monoisotopic (exact) mass is 588 g/mol. The molecule has 0 heterocycles. The Morgan fingerprint density at radius 2 is 0.793 bits per heavy atom. The fourth-order valence-electron chi connectivity index (χ4n) is 2.18. The van der Waals surface area contributed by atoms with E-state index in [9.17, 15) is 9.59 Å². The molecule has 0 aliphatic carbocycles. The van der Waals surface area contributed by atoms with E-state index in [1.807, 2.05) is 0 Å². The summed E-state index contributed by atoms with van der Waals surface area (Å²) in [7, 11) is 0. The molecule has 152 valence electrons. The molecular formula is C24H27BiO4. The van der Waals surface area contributed by atoms with E-state index in [0.717, 1.165) is 0 Å². The van der Waals surface area contributed by atoms with Crippen LogP contribution in [-0.4, -0.2) is 43.9 Å². The molecule has 0 aliphatic rings. The zero-order valence-corrected chi connectivity index (χ0v) is 20.2. The number of hydrogen-bond acceptors (Lipinski definition) is 2. The van der Waals surface area contributed by atoms with Gasteiger partial charge in [0.25, 0.3) is 0 Å².